The second kappa shape index (κ2) is 7.72. The van der Waals surface area contributed by atoms with Gasteiger partial charge in [-0.2, -0.15) is 0 Å². The smallest absolute Gasteiger partial charge is 0.255 e. The van der Waals surface area contributed by atoms with Gasteiger partial charge in [0.2, 0.25) is 5.91 Å². The number of carbonyl (C=O) groups is 2. The van der Waals surface area contributed by atoms with E-state index in [0.29, 0.717) is 40.6 Å². The van der Waals surface area contributed by atoms with E-state index < -0.39 is 6.04 Å². The van der Waals surface area contributed by atoms with Gasteiger partial charge in [0.1, 0.15) is 11.7 Å². The lowest BCUT2D eigenvalue weighted by molar-refractivity contribution is -0.119. The van der Waals surface area contributed by atoms with Gasteiger partial charge in [0.15, 0.2) is 10.9 Å². The van der Waals surface area contributed by atoms with Crippen molar-refractivity contribution >= 4 is 39.2 Å². The number of aromatic nitrogens is 2. The minimum Gasteiger partial charge on any atom is -0.463 e. The van der Waals surface area contributed by atoms with Gasteiger partial charge in [0.05, 0.1) is 17.3 Å². The summed E-state index contributed by atoms with van der Waals surface area (Å²) in [5.74, 6) is 0.202. The van der Waals surface area contributed by atoms with E-state index in [1.165, 1.54) is 11.3 Å². The maximum atomic E-state index is 13.6. The molecule has 0 spiro atoms. The second-order valence-electron chi connectivity index (χ2n) is 7.03. The molecule has 5 rings (SSSR count). The molecule has 1 N–H and O–H groups in total. The number of likely N-dealkylation sites (tertiary alicyclic amines) is 1. The van der Waals surface area contributed by atoms with E-state index in [-0.39, 0.29) is 11.8 Å². The van der Waals surface area contributed by atoms with Crippen LogP contribution in [0.15, 0.2) is 64.7 Å². The van der Waals surface area contributed by atoms with Crippen LogP contribution in [0, 0.1) is 0 Å². The zero-order valence-electron chi connectivity index (χ0n) is 15.9. The van der Waals surface area contributed by atoms with Crippen LogP contribution in [0.5, 0.6) is 0 Å². The van der Waals surface area contributed by atoms with Gasteiger partial charge < -0.3 is 14.6 Å². The molecular formula is C22H18N4O3S. The third-order valence-corrected chi connectivity index (χ3v) is 5.89. The van der Waals surface area contributed by atoms with Crippen molar-refractivity contribution in [3.63, 3.8) is 0 Å². The van der Waals surface area contributed by atoms with Crippen LogP contribution in [0.25, 0.3) is 22.4 Å². The molecule has 1 aromatic carbocycles. The Morgan fingerprint density at radius 3 is 2.90 bits per heavy atom. The van der Waals surface area contributed by atoms with Gasteiger partial charge in [-0.25, -0.2) is 9.97 Å². The molecule has 1 atom stereocenters. The zero-order chi connectivity index (χ0) is 20.5. The first-order chi connectivity index (χ1) is 14.7. The number of amides is 2. The minimum absolute atomic E-state index is 0.182. The molecule has 3 aromatic heterocycles. The molecule has 4 aromatic rings. The maximum Gasteiger partial charge on any atom is 0.255 e. The minimum atomic E-state index is -0.527. The Balaban J connectivity index is 1.51. The van der Waals surface area contributed by atoms with Crippen LogP contribution in [0.3, 0.4) is 0 Å². The van der Waals surface area contributed by atoms with E-state index in [2.05, 4.69) is 15.3 Å². The number of fused-ring (bicyclic) bond motifs is 1. The zero-order valence-corrected chi connectivity index (χ0v) is 16.8. The lowest BCUT2D eigenvalue weighted by atomic mass is 10.0. The standard InChI is InChI=1S/C22H18N4O3S/c27-20(25-22-23-9-12-30-22)18-7-3-10-26(18)21(28)15-13-17(19-8-4-11-29-19)24-16-6-2-1-5-14(15)16/h1-2,4-6,8-9,11-13,18H,3,7,10H2,(H,23,25,27). The van der Waals surface area contributed by atoms with Gasteiger partial charge in [-0.05, 0) is 37.1 Å². The van der Waals surface area contributed by atoms with Crippen LogP contribution < -0.4 is 5.32 Å². The summed E-state index contributed by atoms with van der Waals surface area (Å²) in [6.07, 6.45) is 4.61. The molecule has 0 aliphatic carbocycles. The first-order valence-corrected chi connectivity index (χ1v) is 10.5. The SMILES string of the molecule is O=C(Nc1nccs1)C1CCCN1C(=O)c1cc(-c2ccco2)nc2ccccc12. The van der Waals surface area contributed by atoms with Gasteiger partial charge in [-0.3, -0.25) is 9.59 Å². The van der Waals surface area contributed by atoms with Gasteiger partial charge in [0.25, 0.3) is 5.91 Å². The van der Waals surface area contributed by atoms with Crippen molar-refractivity contribution in [2.24, 2.45) is 0 Å². The summed E-state index contributed by atoms with van der Waals surface area (Å²) in [7, 11) is 0. The molecule has 8 heteroatoms. The van der Waals surface area contributed by atoms with Crippen LogP contribution in [0.1, 0.15) is 23.2 Å². The Hall–Kier alpha value is -3.52. The van der Waals surface area contributed by atoms with Crippen molar-refractivity contribution in [2.45, 2.75) is 18.9 Å². The number of hydrogen-bond acceptors (Lipinski definition) is 6. The summed E-state index contributed by atoms with van der Waals surface area (Å²) in [6, 6.07) is 12.3. The number of benzene rings is 1. The summed E-state index contributed by atoms with van der Waals surface area (Å²) in [5, 5.41) is 5.91. The van der Waals surface area contributed by atoms with E-state index in [9.17, 15) is 9.59 Å². The third kappa shape index (κ3) is 3.35. The van der Waals surface area contributed by atoms with E-state index >= 15 is 0 Å². The molecule has 4 heterocycles. The van der Waals surface area contributed by atoms with E-state index in [4.69, 9.17) is 4.42 Å². The lowest BCUT2D eigenvalue weighted by Crippen LogP contribution is -2.43. The number of pyridine rings is 1. The summed E-state index contributed by atoms with van der Waals surface area (Å²) in [5.41, 5.74) is 1.81. The first-order valence-electron chi connectivity index (χ1n) is 9.66. The molecule has 0 bridgehead atoms. The number of para-hydroxylation sites is 1. The fourth-order valence-corrected chi connectivity index (χ4v) is 4.35. The fourth-order valence-electron chi connectivity index (χ4n) is 3.81. The third-order valence-electron chi connectivity index (χ3n) is 5.20. The number of carbonyl (C=O) groups excluding carboxylic acids is 2. The first kappa shape index (κ1) is 18.5. The molecule has 0 saturated carbocycles. The topological polar surface area (TPSA) is 88.3 Å². The Morgan fingerprint density at radius 1 is 1.20 bits per heavy atom. The van der Waals surface area contributed by atoms with Crippen molar-refractivity contribution in [2.75, 3.05) is 11.9 Å². The molecular weight excluding hydrogens is 400 g/mol. The highest BCUT2D eigenvalue weighted by molar-refractivity contribution is 7.13. The van der Waals surface area contributed by atoms with Crippen molar-refractivity contribution < 1.29 is 14.0 Å². The molecule has 1 aliphatic heterocycles. The van der Waals surface area contributed by atoms with Crippen molar-refractivity contribution in [1.82, 2.24) is 14.9 Å². The number of furan rings is 1. The van der Waals surface area contributed by atoms with Crippen LogP contribution in [-0.4, -0.2) is 39.3 Å². The Kier molecular flexibility index (Phi) is 4.76. The fraction of sp³-hybridized carbons (Fsp3) is 0.182. The molecule has 1 saturated heterocycles. The van der Waals surface area contributed by atoms with E-state index in [1.54, 1.807) is 34.9 Å². The van der Waals surface area contributed by atoms with Gasteiger partial charge in [-0.15, -0.1) is 11.3 Å². The van der Waals surface area contributed by atoms with Gasteiger partial charge in [0, 0.05) is 23.5 Å². The van der Waals surface area contributed by atoms with Crippen molar-refractivity contribution in [3.8, 4) is 11.5 Å². The predicted octanol–water partition coefficient (Wildman–Crippen LogP) is 4.19. The largest absolute Gasteiger partial charge is 0.463 e. The number of nitrogens with one attached hydrogen (secondary N) is 1. The molecule has 1 fully saturated rings. The van der Waals surface area contributed by atoms with Crippen LogP contribution in [0.2, 0.25) is 0 Å². The Morgan fingerprint density at radius 2 is 2.10 bits per heavy atom. The summed E-state index contributed by atoms with van der Waals surface area (Å²) in [6.45, 7) is 0.529. The predicted molar refractivity (Wildman–Crippen MR) is 114 cm³/mol. The number of nitrogens with zero attached hydrogens (tertiary/aromatic N) is 3. The molecule has 150 valence electrons. The Bertz CT molecular complexity index is 1200. The van der Waals surface area contributed by atoms with E-state index in [1.807, 2.05) is 30.3 Å². The average molecular weight is 418 g/mol. The van der Waals surface area contributed by atoms with Gasteiger partial charge >= 0.3 is 0 Å². The van der Waals surface area contributed by atoms with Crippen molar-refractivity contribution in [3.05, 3.63) is 65.9 Å². The normalized spacial score (nSPS) is 16.1. The Labute approximate surface area is 176 Å². The van der Waals surface area contributed by atoms with Crippen molar-refractivity contribution in [1.29, 1.82) is 0 Å². The molecule has 30 heavy (non-hydrogen) atoms. The molecule has 2 amide bonds. The monoisotopic (exact) mass is 418 g/mol. The molecule has 7 nitrogen and oxygen atoms in total. The highest BCUT2D eigenvalue weighted by Gasteiger charge is 2.35. The number of hydrogen-bond donors (Lipinski definition) is 1. The molecule has 0 radical (unpaired) electrons. The number of rotatable bonds is 4. The second-order valence-corrected chi connectivity index (χ2v) is 7.93. The number of anilines is 1. The summed E-state index contributed by atoms with van der Waals surface area (Å²) >= 11 is 1.35. The summed E-state index contributed by atoms with van der Waals surface area (Å²) < 4.78 is 5.49. The van der Waals surface area contributed by atoms with Crippen LogP contribution in [0.4, 0.5) is 5.13 Å². The average Bonchev–Trinajstić information content (AvgIpc) is 3.55. The lowest BCUT2D eigenvalue weighted by Gasteiger charge is -2.24. The highest BCUT2D eigenvalue weighted by Crippen LogP contribution is 2.29. The summed E-state index contributed by atoms with van der Waals surface area (Å²) in [4.78, 5) is 36.8. The quantitative estimate of drug-likeness (QED) is 0.537. The van der Waals surface area contributed by atoms with Crippen LogP contribution >= 0.6 is 11.3 Å². The van der Waals surface area contributed by atoms with Gasteiger partial charge in [-0.1, -0.05) is 18.2 Å². The number of thiazole rings is 1. The highest BCUT2D eigenvalue weighted by atomic mass is 32.1. The van der Waals surface area contributed by atoms with E-state index in [0.717, 1.165) is 11.8 Å². The maximum absolute atomic E-state index is 13.6. The van der Waals surface area contributed by atoms with Crippen LogP contribution in [-0.2, 0) is 4.79 Å². The molecule has 1 aliphatic rings. The molecule has 1 unspecified atom stereocenters.